The average molecular weight is 334 g/mol. The number of nitrogens with zero attached hydrogens (tertiary/aromatic N) is 2. The van der Waals surface area contributed by atoms with Gasteiger partial charge in [0, 0.05) is 18.0 Å². The van der Waals surface area contributed by atoms with Gasteiger partial charge in [0.05, 0.1) is 6.54 Å². The van der Waals surface area contributed by atoms with Crippen molar-refractivity contribution in [3.05, 3.63) is 41.6 Å². The Labute approximate surface area is 141 Å². The minimum atomic E-state index is -0.527. The van der Waals surface area contributed by atoms with E-state index in [1.165, 1.54) is 0 Å². The molecule has 0 radical (unpaired) electrons. The van der Waals surface area contributed by atoms with Crippen molar-refractivity contribution in [2.75, 3.05) is 10.0 Å². The molecule has 2 aromatic rings. The number of nitrogens with one attached hydrogen (secondary N) is 2. The average Bonchev–Trinajstić information content (AvgIpc) is 2.89. The number of anilines is 2. The number of aromatic nitrogens is 2. The van der Waals surface area contributed by atoms with Crippen molar-refractivity contribution in [1.82, 2.24) is 9.78 Å². The number of benzene rings is 1. The van der Waals surface area contributed by atoms with Crippen molar-refractivity contribution < 1.29 is 9.53 Å². The van der Waals surface area contributed by atoms with Crippen LogP contribution in [0.2, 0.25) is 0 Å². The van der Waals surface area contributed by atoms with Crippen LogP contribution >= 0.6 is 12.8 Å². The predicted molar refractivity (Wildman–Crippen MR) is 95.0 cm³/mol. The number of carbonyl (C=O) groups excluding carboxylic acids is 1. The maximum Gasteiger partial charge on any atom is 0.412 e. The third kappa shape index (κ3) is 4.92. The molecule has 0 unspecified atom stereocenters. The van der Waals surface area contributed by atoms with E-state index in [0.29, 0.717) is 12.4 Å². The Kier molecular flexibility index (Phi) is 5.20. The number of amides is 1. The highest BCUT2D eigenvalue weighted by molar-refractivity contribution is 7.81. The highest BCUT2D eigenvalue weighted by atomic mass is 32.1. The second-order valence-corrected chi connectivity index (χ2v) is 6.45. The Morgan fingerprint density at radius 3 is 2.70 bits per heavy atom. The molecular weight excluding hydrogens is 312 g/mol. The van der Waals surface area contributed by atoms with E-state index in [2.05, 4.69) is 28.0 Å². The van der Waals surface area contributed by atoms with Crippen molar-refractivity contribution >= 4 is 30.4 Å². The smallest absolute Gasteiger partial charge is 0.412 e. The van der Waals surface area contributed by atoms with Gasteiger partial charge in [-0.3, -0.25) is 10.00 Å². The van der Waals surface area contributed by atoms with Gasteiger partial charge in [0.2, 0.25) is 0 Å². The van der Waals surface area contributed by atoms with Crippen molar-refractivity contribution in [3.8, 4) is 0 Å². The molecule has 0 bridgehead atoms. The quantitative estimate of drug-likeness (QED) is 0.743. The van der Waals surface area contributed by atoms with Gasteiger partial charge in [-0.05, 0) is 44.9 Å². The fraction of sp³-hybridized carbons (Fsp3) is 0.375. The topological polar surface area (TPSA) is 68.2 Å². The van der Waals surface area contributed by atoms with Crippen molar-refractivity contribution in [3.63, 3.8) is 0 Å². The summed E-state index contributed by atoms with van der Waals surface area (Å²) in [5.74, 6) is 0.689. The first kappa shape index (κ1) is 17.2. The van der Waals surface area contributed by atoms with Crippen LogP contribution in [-0.4, -0.2) is 21.5 Å². The Bertz CT molecular complexity index is 692. The van der Waals surface area contributed by atoms with Crippen molar-refractivity contribution in [2.45, 2.75) is 39.8 Å². The van der Waals surface area contributed by atoms with E-state index < -0.39 is 11.7 Å². The number of hydrogen-bond acceptors (Lipinski definition) is 5. The lowest BCUT2D eigenvalue weighted by atomic mass is 10.1. The molecule has 0 saturated heterocycles. The van der Waals surface area contributed by atoms with Crippen LogP contribution in [0.5, 0.6) is 0 Å². The SMILES string of the molecule is Cc1c(Cn2ccc(NS)n2)cccc1NC(=O)OC(C)(C)C. The van der Waals surface area contributed by atoms with Crippen LogP contribution in [0.1, 0.15) is 31.9 Å². The molecule has 7 heteroatoms. The maximum atomic E-state index is 11.9. The summed E-state index contributed by atoms with van der Waals surface area (Å²) in [6.45, 7) is 8.07. The Morgan fingerprint density at radius 2 is 2.09 bits per heavy atom. The molecule has 0 spiro atoms. The van der Waals surface area contributed by atoms with E-state index in [1.54, 1.807) is 4.68 Å². The predicted octanol–water partition coefficient (Wildman–Crippen LogP) is 3.84. The van der Waals surface area contributed by atoms with Gasteiger partial charge in [-0.15, -0.1) is 0 Å². The molecule has 2 N–H and O–H groups in total. The number of carbonyl (C=O) groups is 1. The van der Waals surface area contributed by atoms with Gasteiger partial charge in [0.25, 0.3) is 0 Å². The number of hydrogen-bond donors (Lipinski definition) is 3. The van der Waals surface area contributed by atoms with Crippen molar-refractivity contribution in [2.24, 2.45) is 0 Å². The lowest BCUT2D eigenvalue weighted by Gasteiger charge is -2.20. The molecule has 1 heterocycles. The van der Waals surface area contributed by atoms with E-state index in [-0.39, 0.29) is 0 Å². The van der Waals surface area contributed by atoms with Crippen LogP contribution in [0.4, 0.5) is 16.3 Å². The Balaban J connectivity index is 2.13. The molecule has 0 fully saturated rings. The van der Waals surface area contributed by atoms with E-state index in [0.717, 1.165) is 16.8 Å². The summed E-state index contributed by atoms with van der Waals surface area (Å²) in [6, 6.07) is 7.60. The van der Waals surface area contributed by atoms with E-state index in [4.69, 9.17) is 4.74 Å². The molecule has 2 rings (SSSR count). The fourth-order valence-corrected chi connectivity index (χ4v) is 2.21. The summed E-state index contributed by atoms with van der Waals surface area (Å²) in [5.41, 5.74) is 2.25. The summed E-state index contributed by atoms with van der Waals surface area (Å²) in [7, 11) is 0. The minimum absolute atomic E-state index is 0.460. The van der Waals surface area contributed by atoms with Gasteiger partial charge < -0.3 is 9.46 Å². The molecule has 0 aliphatic heterocycles. The largest absolute Gasteiger partial charge is 0.444 e. The van der Waals surface area contributed by atoms with Gasteiger partial charge >= 0.3 is 6.09 Å². The van der Waals surface area contributed by atoms with Crippen LogP contribution in [0.15, 0.2) is 30.5 Å². The summed E-state index contributed by atoms with van der Waals surface area (Å²) in [4.78, 5) is 11.9. The summed E-state index contributed by atoms with van der Waals surface area (Å²) in [5, 5.41) is 7.12. The molecule has 0 atom stereocenters. The molecule has 0 aliphatic carbocycles. The normalized spacial score (nSPS) is 11.2. The van der Waals surface area contributed by atoms with Crippen molar-refractivity contribution in [1.29, 1.82) is 0 Å². The molecule has 0 saturated carbocycles. The monoisotopic (exact) mass is 334 g/mol. The van der Waals surface area contributed by atoms with Gasteiger partial charge in [0.1, 0.15) is 5.60 Å². The van der Waals surface area contributed by atoms with Crippen LogP contribution in [-0.2, 0) is 11.3 Å². The fourth-order valence-electron chi connectivity index (χ4n) is 2.09. The molecule has 1 amide bonds. The molecule has 124 valence electrons. The number of rotatable bonds is 4. The Morgan fingerprint density at radius 1 is 1.35 bits per heavy atom. The van der Waals surface area contributed by atoms with Gasteiger partial charge in [-0.25, -0.2) is 4.79 Å². The highest BCUT2D eigenvalue weighted by Gasteiger charge is 2.17. The van der Waals surface area contributed by atoms with Crippen LogP contribution in [0.3, 0.4) is 0 Å². The van der Waals surface area contributed by atoms with Crippen LogP contribution < -0.4 is 10.0 Å². The van der Waals surface area contributed by atoms with Gasteiger partial charge in [-0.2, -0.15) is 5.10 Å². The lowest BCUT2D eigenvalue weighted by Crippen LogP contribution is -2.27. The molecule has 23 heavy (non-hydrogen) atoms. The van der Waals surface area contributed by atoms with E-state index in [1.807, 2.05) is 58.2 Å². The maximum absolute atomic E-state index is 11.9. The summed E-state index contributed by atoms with van der Waals surface area (Å²) >= 11 is 3.97. The standard InChI is InChI=1S/C16H22N4O2S/c1-11-12(10-20-9-8-14(18-20)19-23)6-5-7-13(11)17-15(21)22-16(2,3)4/h5-9,23H,10H2,1-4H3,(H,17,21)(H,18,19). The summed E-state index contributed by atoms with van der Waals surface area (Å²) in [6.07, 6.45) is 1.41. The molecule has 1 aromatic carbocycles. The van der Waals surface area contributed by atoms with E-state index in [9.17, 15) is 4.79 Å². The minimum Gasteiger partial charge on any atom is -0.444 e. The third-order valence-corrected chi connectivity index (χ3v) is 3.40. The van der Waals surface area contributed by atoms with Gasteiger partial charge in [-0.1, -0.05) is 24.9 Å². The highest BCUT2D eigenvalue weighted by Crippen LogP contribution is 2.21. The zero-order valence-electron chi connectivity index (χ0n) is 13.8. The van der Waals surface area contributed by atoms with Crippen LogP contribution in [0, 0.1) is 6.92 Å². The first-order valence-electron chi connectivity index (χ1n) is 7.30. The molecule has 1 aromatic heterocycles. The molecule has 6 nitrogen and oxygen atoms in total. The molecular formula is C16H22N4O2S. The van der Waals surface area contributed by atoms with Gasteiger partial charge in [0.15, 0.2) is 5.82 Å². The van der Waals surface area contributed by atoms with E-state index >= 15 is 0 Å². The summed E-state index contributed by atoms with van der Waals surface area (Å²) < 4.78 is 9.79. The Hall–Kier alpha value is -2.15. The third-order valence-electron chi connectivity index (χ3n) is 3.17. The van der Waals surface area contributed by atoms with Crippen LogP contribution in [0.25, 0.3) is 0 Å². The molecule has 0 aliphatic rings. The zero-order chi connectivity index (χ0) is 17.0. The number of ether oxygens (including phenoxy) is 1. The second kappa shape index (κ2) is 6.95. The first-order valence-corrected chi connectivity index (χ1v) is 7.75. The second-order valence-electron chi connectivity index (χ2n) is 6.23. The number of thiol groups is 1. The first-order chi connectivity index (χ1) is 10.8. The lowest BCUT2D eigenvalue weighted by molar-refractivity contribution is 0.0636. The zero-order valence-corrected chi connectivity index (χ0v) is 14.6.